The third-order valence-electron chi connectivity index (χ3n) is 3.02. The number of amides is 1. The fourth-order valence-corrected chi connectivity index (χ4v) is 1.82. The summed E-state index contributed by atoms with van der Waals surface area (Å²) in [4.78, 5) is 15.6. The maximum absolute atomic E-state index is 11.6. The molecule has 0 bridgehead atoms. The van der Waals surface area contributed by atoms with Gasteiger partial charge in [0.05, 0.1) is 6.61 Å². The molecule has 1 heterocycles. The highest BCUT2D eigenvalue weighted by atomic mass is 16.6. The molecule has 4 heteroatoms. The van der Waals surface area contributed by atoms with E-state index in [1.807, 2.05) is 32.8 Å². The van der Waals surface area contributed by atoms with Gasteiger partial charge in [0.1, 0.15) is 0 Å². The van der Waals surface area contributed by atoms with Gasteiger partial charge in [-0.25, -0.2) is 4.79 Å². The summed E-state index contributed by atoms with van der Waals surface area (Å²) in [6, 6.07) is 0. The molecule has 0 atom stereocenters. The lowest BCUT2D eigenvalue weighted by atomic mass is 10.00. The summed E-state index contributed by atoms with van der Waals surface area (Å²) in [5.41, 5.74) is 0. The summed E-state index contributed by atoms with van der Waals surface area (Å²) in [7, 11) is 4.04. The van der Waals surface area contributed by atoms with Crippen molar-refractivity contribution in [3.8, 4) is 0 Å². The van der Waals surface area contributed by atoms with Crippen LogP contribution in [0.3, 0.4) is 0 Å². The van der Waals surface area contributed by atoms with Gasteiger partial charge >= 0.3 is 6.09 Å². The van der Waals surface area contributed by atoms with E-state index in [1.54, 1.807) is 0 Å². The quantitative estimate of drug-likeness (QED) is 0.728. The maximum Gasteiger partial charge on any atom is 0.409 e. The second-order valence-electron chi connectivity index (χ2n) is 5.65. The van der Waals surface area contributed by atoms with E-state index in [4.69, 9.17) is 4.74 Å². The van der Waals surface area contributed by atoms with E-state index < -0.39 is 0 Å². The number of rotatable bonds is 4. The summed E-state index contributed by atoms with van der Waals surface area (Å²) >= 11 is 0. The van der Waals surface area contributed by atoms with Gasteiger partial charge in [-0.2, -0.15) is 0 Å². The highest BCUT2D eigenvalue weighted by Crippen LogP contribution is 2.16. The van der Waals surface area contributed by atoms with E-state index in [-0.39, 0.29) is 6.09 Å². The summed E-state index contributed by atoms with van der Waals surface area (Å²) in [5, 5.41) is 0. The number of hydrogen-bond donors (Lipinski definition) is 0. The second kappa shape index (κ2) is 15.6. The molecule has 1 fully saturated rings. The minimum atomic E-state index is -0.134. The lowest BCUT2D eigenvalue weighted by molar-refractivity contribution is 0.0866. The molecule has 1 rings (SSSR count). The molecule has 0 aliphatic carbocycles. The van der Waals surface area contributed by atoms with Crippen LogP contribution in [-0.2, 0) is 4.74 Å². The van der Waals surface area contributed by atoms with Crippen LogP contribution >= 0.6 is 0 Å². The fraction of sp³-hybridized carbons (Fsp3) is 0.941. The molecule has 0 aromatic rings. The van der Waals surface area contributed by atoms with Crippen molar-refractivity contribution in [1.82, 2.24) is 9.80 Å². The van der Waals surface area contributed by atoms with E-state index in [1.165, 1.54) is 6.42 Å². The molecule has 0 spiro atoms. The lowest BCUT2D eigenvalue weighted by Gasteiger charge is -2.29. The van der Waals surface area contributed by atoms with Gasteiger partial charge in [-0.15, -0.1) is 0 Å². The molecule has 0 aromatic carbocycles. The number of hydrogen-bond acceptors (Lipinski definition) is 3. The molecular weight excluding hydrogens is 264 g/mol. The van der Waals surface area contributed by atoms with E-state index in [9.17, 15) is 4.79 Å². The van der Waals surface area contributed by atoms with E-state index >= 15 is 0 Å². The standard InChI is InChI=1S/C12H24N2O2.C3H8.C2H6/c1-11-5-8-14(9-6-11)12(15)16-10-4-7-13(2)3;1-3-2;1-2/h11H,4-10H2,1-3H3;3H2,1-2H3;1-2H3. The Morgan fingerprint density at radius 3 is 2.10 bits per heavy atom. The van der Waals surface area contributed by atoms with Crippen molar-refractivity contribution in [3.05, 3.63) is 0 Å². The number of likely N-dealkylation sites (tertiary alicyclic amines) is 1. The van der Waals surface area contributed by atoms with Gasteiger partial charge in [0.2, 0.25) is 0 Å². The van der Waals surface area contributed by atoms with Crippen molar-refractivity contribution in [2.24, 2.45) is 5.92 Å². The molecule has 1 saturated heterocycles. The molecule has 0 radical (unpaired) electrons. The molecule has 128 valence electrons. The zero-order valence-electron chi connectivity index (χ0n) is 15.4. The lowest BCUT2D eigenvalue weighted by Crippen LogP contribution is -2.38. The number of nitrogens with zero attached hydrogens (tertiary/aromatic N) is 2. The predicted octanol–water partition coefficient (Wildman–Crippen LogP) is 4.25. The van der Waals surface area contributed by atoms with Gasteiger partial charge in [-0.1, -0.05) is 41.0 Å². The molecule has 0 unspecified atom stereocenters. The van der Waals surface area contributed by atoms with Crippen LogP contribution in [0.1, 0.15) is 60.3 Å². The maximum atomic E-state index is 11.6. The molecular formula is C17H38N2O2. The molecule has 1 aliphatic heterocycles. The first-order chi connectivity index (χ1) is 10.0. The van der Waals surface area contributed by atoms with Gasteiger partial charge in [0.15, 0.2) is 0 Å². The highest BCUT2D eigenvalue weighted by Gasteiger charge is 2.20. The average molecular weight is 303 g/mol. The Morgan fingerprint density at radius 2 is 1.67 bits per heavy atom. The van der Waals surface area contributed by atoms with Crippen molar-refractivity contribution >= 4 is 6.09 Å². The number of carbonyl (C=O) groups is 1. The van der Waals surface area contributed by atoms with Crippen LogP contribution in [0, 0.1) is 5.92 Å². The Hall–Kier alpha value is -0.770. The van der Waals surface area contributed by atoms with Crippen molar-refractivity contribution in [2.45, 2.75) is 60.3 Å². The summed E-state index contributed by atoms with van der Waals surface area (Å²) in [6.45, 7) is 13.7. The van der Waals surface area contributed by atoms with Crippen LogP contribution in [0.2, 0.25) is 0 Å². The largest absolute Gasteiger partial charge is 0.449 e. The van der Waals surface area contributed by atoms with Gasteiger partial charge in [0.25, 0.3) is 0 Å². The first kappa shape index (κ1) is 22.5. The fourth-order valence-electron chi connectivity index (χ4n) is 1.82. The van der Waals surface area contributed by atoms with Crippen LogP contribution in [-0.4, -0.2) is 56.2 Å². The Kier molecular flexibility index (Phi) is 16.7. The first-order valence-corrected chi connectivity index (χ1v) is 8.57. The van der Waals surface area contributed by atoms with Crippen LogP contribution in [0.5, 0.6) is 0 Å². The Balaban J connectivity index is 0. The third-order valence-corrected chi connectivity index (χ3v) is 3.02. The van der Waals surface area contributed by atoms with E-state index in [0.29, 0.717) is 6.61 Å². The van der Waals surface area contributed by atoms with Crippen molar-refractivity contribution in [3.63, 3.8) is 0 Å². The molecule has 21 heavy (non-hydrogen) atoms. The molecule has 0 aromatic heterocycles. The minimum absolute atomic E-state index is 0.134. The number of piperidine rings is 1. The van der Waals surface area contributed by atoms with E-state index in [0.717, 1.165) is 44.8 Å². The van der Waals surface area contributed by atoms with Crippen LogP contribution in [0.4, 0.5) is 4.79 Å². The number of carbonyl (C=O) groups excluding carboxylic acids is 1. The van der Waals surface area contributed by atoms with Crippen molar-refractivity contribution in [2.75, 3.05) is 40.3 Å². The number of ether oxygens (including phenoxy) is 1. The SMILES string of the molecule is CC.CC1CCN(C(=O)OCCCN(C)C)CC1.CCC. The zero-order chi connectivity index (χ0) is 16.7. The zero-order valence-corrected chi connectivity index (χ0v) is 15.4. The van der Waals surface area contributed by atoms with Crippen LogP contribution in [0.15, 0.2) is 0 Å². The Bertz CT molecular complexity index is 225. The molecule has 0 N–H and O–H groups in total. The highest BCUT2D eigenvalue weighted by molar-refractivity contribution is 5.67. The molecule has 4 nitrogen and oxygen atoms in total. The van der Waals surface area contributed by atoms with Crippen molar-refractivity contribution in [1.29, 1.82) is 0 Å². The van der Waals surface area contributed by atoms with Gasteiger partial charge in [-0.05, 0) is 39.3 Å². The Morgan fingerprint density at radius 1 is 1.19 bits per heavy atom. The van der Waals surface area contributed by atoms with Gasteiger partial charge < -0.3 is 14.5 Å². The Labute approximate surface area is 132 Å². The average Bonchev–Trinajstić information content (AvgIpc) is 2.47. The predicted molar refractivity (Wildman–Crippen MR) is 91.8 cm³/mol. The third kappa shape index (κ3) is 13.9. The molecule has 0 saturated carbocycles. The van der Waals surface area contributed by atoms with Gasteiger partial charge in [0, 0.05) is 19.6 Å². The topological polar surface area (TPSA) is 32.8 Å². The first-order valence-electron chi connectivity index (χ1n) is 8.57. The van der Waals surface area contributed by atoms with E-state index in [2.05, 4.69) is 25.7 Å². The minimum Gasteiger partial charge on any atom is -0.449 e. The monoisotopic (exact) mass is 302 g/mol. The summed E-state index contributed by atoms with van der Waals surface area (Å²) < 4.78 is 5.23. The van der Waals surface area contributed by atoms with Crippen LogP contribution in [0.25, 0.3) is 0 Å². The smallest absolute Gasteiger partial charge is 0.409 e. The molecule has 1 aliphatic rings. The molecule has 1 amide bonds. The normalized spacial score (nSPS) is 14.8. The van der Waals surface area contributed by atoms with Crippen molar-refractivity contribution < 1.29 is 9.53 Å². The summed E-state index contributed by atoms with van der Waals surface area (Å²) in [5.74, 6) is 0.748. The second-order valence-corrected chi connectivity index (χ2v) is 5.65. The van der Waals surface area contributed by atoms with Crippen LogP contribution < -0.4 is 0 Å². The van der Waals surface area contributed by atoms with Gasteiger partial charge in [-0.3, -0.25) is 0 Å². The summed E-state index contributed by atoms with van der Waals surface area (Å²) in [6.07, 6.45) is 4.23.